The fraction of sp³-hybridized carbons (Fsp3) is 0.600. The van der Waals surface area contributed by atoms with Crippen molar-refractivity contribution in [2.24, 2.45) is 0 Å². The van der Waals surface area contributed by atoms with Crippen molar-refractivity contribution in [1.82, 2.24) is 10.2 Å². The lowest BCUT2D eigenvalue weighted by atomic mass is 10.0. The number of benzene rings is 1. The minimum absolute atomic E-state index is 0.194. The molecule has 0 bridgehead atoms. The van der Waals surface area contributed by atoms with E-state index >= 15 is 0 Å². The number of rotatable bonds is 10. The lowest BCUT2D eigenvalue weighted by molar-refractivity contribution is 0.128. The Morgan fingerprint density at radius 2 is 1.95 bits per heavy atom. The van der Waals surface area contributed by atoms with E-state index in [1.54, 1.807) is 7.11 Å². The van der Waals surface area contributed by atoms with Crippen LogP contribution >= 0.6 is 0 Å². The molecule has 0 radical (unpaired) electrons. The van der Waals surface area contributed by atoms with Crippen molar-refractivity contribution >= 4 is 0 Å². The predicted octanol–water partition coefficient (Wildman–Crippen LogP) is 1.28. The highest BCUT2D eigenvalue weighted by atomic mass is 16.5. The Hall–Kier alpha value is -0.940. The van der Waals surface area contributed by atoms with Crippen molar-refractivity contribution < 1.29 is 9.84 Å². The Morgan fingerprint density at radius 1 is 1.21 bits per heavy atom. The van der Waals surface area contributed by atoms with Crippen LogP contribution in [0.4, 0.5) is 0 Å². The van der Waals surface area contributed by atoms with Crippen molar-refractivity contribution in [2.45, 2.75) is 12.5 Å². The van der Waals surface area contributed by atoms with Crippen molar-refractivity contribution in [2.75, 3.05) is 47.0 Å². The number of ether oxygens (including phenoxy) is 1. The van der Waals surface area contributed by atoms with Gasteiger partial charge in [0, 0.05) is 32.8 Å². The van der Waals surface area contributed by atoms with E-state index in [4.69, 9.17) is 9.84 Å². The number of hydrogen-bond acceptors (Lipinski definition) is 4. The number of aliphatic hydroxyl groups is 1. The van der Waals surface area contributed by atoms with E-state index in [1.807, 2.05) is 13.1 Å². The van der Waals surface area contributed by atoms with Crippen LogP contribution in [0.1, 0.15) is 18.0 Å². The lowest BCUT2D eigenvalue weighted by Gasteiger charge is -2.24. The van der Waals surface area contributed by atoms with Crippen LogP contribution in [0, 0.1) is 0 Å². The minimum atomic E-state index is 0.194. The van der Waals surface area contributed by atoms with Gasteiger partial charge in [-0.1, -0.05) is 30.3 Å². The Balaban J connectivity index is 2.46. The van der Waals surface area contributed by atoms with Gasteiger partial charge in [0.25, 0.3) is 0 Å². The molecule has 0 aliphatic rings. The molecule has 2 N–H and O–H groups in total. The maximum Gasteiger partial charge on any atom is 0.0589 e. The van der Waals surface area contributed by atoms with Crippen molar-refractivity contribution in [3.8, 4) is 0 Å². The van der Waals surface area contributed by atoms with Gasteiger partial charge in [0.1, 0.15) is 0 Å². The van der Waals surface area contributed by atoms with Crippen molar-refractivity contribution in [1.29, 1.82) is 0 Å². The quantitative estimate of drug-likeness (QED) is 0.669. The highest BCUT2D eigenvalue weighted by Gasteiger charge is 2.11. The largest absolute Gasteiger partial charge is 0.395 e. The van der Waals surface area contributed by atoms with Crippen LogP contribution in [-0.2, 0) is 4.74 Å². The summed E-state index contributed by atoms with van der Waals surface area (Å²) in [6.45, 7) is 3.41. The molecule has 4 heteroatoms. The standard InChI is InChI=1S/C15H26N2O2/c1-16-15(14-6-4-3-5-7-14)8-9-17(10-12-18)11-13-19-2/h3-7,15-16,18H,8-13H2,1-2H3. The summed E-state index contributed by atoms with van der Waals surface area (Å²) in [5, 5.41) is 12.4. The second-order valence-electron chi connectivity index (χ2n) is 4.60. The zero-order valence-corrected chi connectivity index (χ0v) is 12.0. The molecule has 0 aliphatic heterocycles. The summed E-state index contributed by atoms with van der Waals surface area (Å²) in [5.74, 6) is 0. The summed E-state index contributed by atoms with van der Waals surface area (Å²) < 4.78 is 5.10. The number of nitrogens with zero attached hydrogens (tertiary/aromatic N) is 1. The number of nitrogens with one attached hydrogen (secondary N) is 1. The molecule has 0 heterocycles. The summed E-state index contributed by atoms with van der Waals surface area (Å²) in [4.78, 5) is 2.23. The van der Waals surface area contributed by atoms with Gasteiger partial charge < -0.3 is 15.2 Å². The van der Waals surface area contributed by atoms with E-state index in [1.165, 1.54) is 5.56 Å². The first-order valence-corrected chi connectivity index (χ1v) is 6.86. The van der Waals surface area contributed by atoms with Gasteiger partial charge >= 0.3 is 0 Å². The first-order valence-electron chi connectivity index (χ1n) is 6.86. The third kappa shape index (κ3) is 6.16. The van der Waals surface area contributed by atoms with E-state index in [9.17, 15) is 0 Å². The molecule has 19 heavy (non-hydrogen) atoms. The Bertz CT molecular complexity index is 319. The summed E-state index contributed by atoms with van der Waals surface area (Å²) in [6, 6.07) is 10.8. The molecule has 0 aliphatic carbocycles. The van der Waals surface area contributed by atoms with Crippen LogP contribution < -0.4 is 5.32 Å². The molecule has 0 saturated carbocycles. The molecule has 0 spiro atoms. The summed E-state index contributed by atoms with van der Waals surface area (Å²) in [6.07, 6.45) is 1.02. The molecule has 1 atom stereocenters. The van der Waals surface area contributed by atoms with E-state index in [0.29, 0.717) is 19.2 Å². The predicted molar refractivity (Wildman–Crippen MR) is 78.3 cm³/mol. The molecule has 1 aromatic rings. The van der Waals surface area contributed by atoms with E-state index < -0.39 is 0 Å². The zero-order valence-electron chi connectivity index (χ0n) is 12.0. The van der Waals surface area contributed by atoms with Gasteiger partial charge in [-0.2, -0.15) is 0 Å². The van der Waals surface area contributed by atoms with Gasteiger partial charge in [-0.25, -0.2) is 0 Å². The second kappa shape index (κ2) is 9.92. The second-order valence-corrected chi connectivity index (χ2v) is 4.60. The monoisotopic (exact) mass is 266 g/mol. The number of aliphatic hydroxyl groups excluding tert-OH is 1. The fourth-order valence-corrected chi connectivity index (χ4v) is 2.17. The van der Waals surface area contributed by atoms with Gasteiger partial charge in [-0.3, -0.25) is 4.90 Å². The van der Waals surface area contributed by atoms with Crippen molar-refractivity contribution in [3.63, 3.8) is 0 Å². The van der Waals surface area contributed by atoms with Gasteiger partial charge in [-0.15, -0.1) is 0 Å². The van der Waals surface area contributed by atoms with Crippen LogP contribution in [0.3, 0.4) is 0 Å². The molecule has 0 amide bonds. The van der Waals surface area contributed by atoms with Crippen LogP contribution in [0.5, 0.6) is 0 Å². The van der Waals surface area contributed by atoms with Gasteiger partial charge in [0.15, 0.2) is 0 Å². The molecular weight excluding hydrogens is 240 g/mol. The first kappa shape index (κ1) is 16.1. The molecule has 0 saturated heterocycles. The molecule has 1 rings (SSSR count). The normalized spacial score (nSPS) is 12.8. The van der Waals surface area contributed by atoms with Crippen LogP contribution in [-0.4, -0.2) is 57.0 Å². The fourth-order valence-electron chi connectivity index (χ4n) is 2.17. The highest BCUT2D eigenvalue weighted by Crippen LogP contribution is 2.16. The molecule has 0 fully saturated rings. The maximum absolute atomic E-state index is 9.08. The van der Waals surface area contributed by atoms with Crippen LogP contribution in [0.25, 0.3) is 0 Å². The lowest BCUT2D eigenvalue weighted by Crippen LogP contribution is -2.33. The summed E-state index contributed by atoms with van der Waals surface area (Å²) in [7, 11) is 3.70. The molecule has 1 aromatic carbocycles. The number of hydrogen-bond donors (Lipinski definition) is 2. The van der Waals surface area contributed by atoms with Gasteiger partial charge in [-0.05, 0) is 19.0 Å². The summed E-state index contributed by atoms with van der Waals surface area (Å²) >= 11 is 0. The number of methoxy groups -OCH3 is 1. The Kier molecular flexibility index (Phi) is 8.41. The first-order chi connectivity index (χ1) is 9.31. The third-order valence-corrected chi connectivity index (χ3v) is 3.31. The average Bonchev–Trinajstić information content (AvgIpc) is 2.46. The SMILES string of the molecule is CNC(CCN(CCO)CCOC)c1ccccc1. The Labute approximate surface area is 116 Å². The smallest absolute Gasteiger partial charge is 0.0589 e. The summed E-state index contributed by atoms with van der Waals surface area (Å²) in [5.41, 5.74) is 1.31. The van der Waals surface area contributed by atoms with Crippen LogP contribution in [0.2, 0.25) is 0 Å². The van der Waals surface area contributed by atoms with E-state index in [-0.39, 0.29) is 6.61 Å². The zero-order chi connectivity index (χ0) is 13.9. The van der Waals surface area contributed by atoms with Crippen molar-refractivity contribution in [3.05, 3.63) is 35.9 Å². The van der Waals surface area contributed by atoms with E-state index in [0.717, 1.165) is 19.5 Å². The molecule has 0 aromatic heterocycles. The topological polar surface area (TPSA) is 44.7 Å². The minimum Gasteiger partial charge on any atom is -0.395 e. The highest BCUT2D eigenvalue weighted by molar-refractivity contribution is 5.18. The maximum atomic E-state index is 9.08. The third-order valence-electron chi connectivity index (χ3n) is 3.31. The van der Waals surface area contributed by atoms with Crippen LogP contribution in [0.15, 0.2) is 30.3 Å². The molecule has 1 unspecified atom stereocenters. The average molecular weight is 266 g/mol. The molecule has 4 nitrogen and oxygen atoms in total. The Morgan fingerprint density at radius 3 is 2.53 bits per heavy atom. The molecular formula is C15H26N2O2. The molecule has 108 valence electrons. The van der Waals surface area contributed by atoms with Gasteiger partial charge in [0.05, 0.1) is 13.2 Å². The van der Waals surface area contributed by atoms with Gasteiger partial charge in [0.2, 0.25) is 0 Å². The van der Waals surface area contributed by atoms with E-state index in [2.05, 4.69) is 34.5 Å².